The summed E-state index contributed by atoms with van der Waals surface area (Å²) in [5, 5.41) is 13.7. The Morgan fingerprint density at radius 1 is 1.05 bits per heavy atom. The Morgan fingerprint density at radius 2 is 1.74 bits per heavy atom. The minimum atomic E-state index is -4.47. The second-order valence-corrected chi connectivity index (χ2v) is 11.9. The molecule has 0 saturated heterocycles. The summed E-state index contributed by atoms with van der Waals surface area (Å²) in [6.45, 7) is 0. The van der Waals surface area contributed by atoms with Crippen LogP contribution in [0, 0.1) is 11.6 Å². The third kappa shape index (κ3) is 4.70. The van der Waals surface area contributed by atoms with E-state index >= 15 is 0 Å². The van der Waals surface area contributed by atoms with E-state index in [-0.39, 0.29) is 33.8 Å². The number of anilines is 2. The highest BCUT2D eigenvalue weighted by Crippen LogP contribution is 2.33. The first kappa shape index (κ1) is 25.4. The Bertz CT molecular complexity index is 1940. The first-order valence-electron chi connectivity index (χ1n) is 10.9. The van der Waals surface area contributed by atoms with Gasteiger partial charge in [-0.05, 0) is 48.0 Å². The topological polar surface area (TPSA) is 146 Å². The van der Waals surface area contributed by atoms with Gasteiger partial charge in [-0.3, -0.25) is 13.9 Å². The van der Waals surface area contributed by atoms with Crippen molar-refractivity contribution >= 4 is 42.8 Å². The van der Waals surface area contributed by atoms with Crippen molar-refractivity contribution in [1.82, 2.24) is 4.40 Å². The molecule has 2 aromatic heterocycles. The summed E-state index contributed by atoms with van der Waals surface area (Å²) in [4.78, 5) is 13.3. The van der Waals surface area contributed by atoms with E-state index in [0.29, 0.717) is 5.56 Å². The number of benzene rings is 2. The molecule has 0 amide bonds. The first-order chi connectivity index (χ1) is 17.8. The van der Waals surface area contributed by atoms with Crippen molar-refractivity contribution in [3.8, 4) is 5.88 Å². The highest BCUT2D eigenvalue weighted by molar-refractivity contribution is 7.92. The van der Waals surface area contributed by atoms with Gasteiger partial charge in [0.25, 0.3) is 10.0 Å². The molecule has 38 heavy (non-hydrogen) atoms. The fourth-order valence-corrected chi connectivity index (χ4v) is 5.82. The van der Waals surface area contributed by atoms with Crippen LogP contribution in [0.5, 0.6) is 5.88 Å². The fraction of sp³-hybridized carbons (Fsp3) is 0.0833. The van der Waals surface area contributed by atoms with Crippen LogP contribution >= 0.6 is 0 Å². The van der Waals surface area contributed by atoms with Crippen molar-refractivity contribution in [1.29, 1.82) is 0 Å². The molecule has 0 saturated carbocycles. The van der Waals surface area contributed by atoms with Crippen LogP contribution < -0.4 is 15.5 Å². The van der Waals surface area contributed by atoms with Gasteiger partial charge in [0.1, 0.15) is 22.1 Å². The van der Waals surface area contributed by atoms with Gasteiger partial charge in [-0.2, -0.15) is 8.42 Å². The maximum Gasteiger partial charge on any atom is 0.286 e. The van der Waals surface area contributed by atoms with Crippen LogP contribution in [-0.2, 0) is 26.5 Å². The van der Waals surface area contributed by atoms with E-state index in [1.165, 1.54) is 42.5 Å². The molecule has 3 N–H and O–H groups in total. The number of halogens is 2. The van der Waals surface area contributed by atoms with Crippen LogP contribution in [-0.4, -0.2) is 38.4 Å². The number of rotatable bonds is 5. The summed E-state index contributed by atoms with van der Waals surface area (Å²) >= 11 is 0. The number of hydrogen-bond acceptors (Lipinski definition) is 7. The highest BCUT2D eigenvalue weighted by atomic mass is 32.2. The van der Waals surface area contributed by atoms with Gasteiger partial charge in [0.15, 0.2) is 5.84 Å². The van der Waals surface area contributed by atoms with Crippen LogP contribution in [0.25, 0.3) is 5.52 Å². The Balaban J connectivity index is 1.70. The minimum Gasteiger partial charge on any atom is -0.494 e. The number of aromatic nitrogens is 1. The van der Waals surface area contributed by atoms with Gasteiger partial charge in [-0.1, -0.05) is 12.1 Å². The van der Waals surface area contributed by atoms with E-state index < -0.39 is 54.4 Å². The van der Waals surface area contributed by atoms with Crippen molar-refractivity contribution in [2.45, 2.75) is 11.3 Å². The summed E-state index contributed by atoms with van der Waals surface area (Å²) in [6.07, 6.45) is 1.78. The summed E-state index contributed by atoms with van der Waals surface area (Å²) < 4.78 is 83.5. The highest BCUT2D eigenvalue weighted by Gasteiger charge is 2.31. The van der Waals surface area contributed by atoms with Crippen LogP contribution in [0.3, 0.4) is 0 Å². The SMILES string of the molecule is CS(=O)(=O)Nc1ccc2c(c1)S(=O)(=O)N=C(c1c(O)n3cc(F)ccc3c(Cc3ccc(F)cc3)c1=O)N2. The van der Waals surface area contributed by atoms with Gasteiger partial charge in [-0.25, -0.2) is 17.2 Å². The number of aromatic hydroxyl groups is 1. The molecule has 1 aliphatic heterocycles. The Hall–Kier alpha value is -4.30. The second-order valence-electron chi connectivity index (χ2n) is 8.54. The molecule has 0 radical (unpaired) electrons. The molecule has 0 fully saturated rings. The molecule has 10 nitrogen and oxygen atoms in total. The molecule has 14 heteroatoms. The second kappa shape index (κ2) is 8.92. The lowest BCUT2D eigenvalue weighted by Gasteiger charge is -2.21. The first-order valence-corrected chi connectivity index (χ1v) is 14.2. The van der Waals surface area contributed by atoms with Gasteiger partial charge in [0.05, 0.1) is 17.5 Å². The van der Waals surface area contributed by atoms with Gasteiger partial charge in [0.2, 0.25) is 21.3 Å². The van der Waals surface area contributed by atoms with E-state index in [4.69, 9.17) is 0 Å². The maximum absolute atomic E-state index is 14.1. The normalized spacial score (nSPS) is 14.4. The van der Waals surface area contributed by atoms with Crippen LogP contribution in [0.1, 0.15) is 16.7 Å². The van der Waals surface area contributed by atoms with E-state index in [9.17, 15) is 35.5 Å². The lowest BCUT2D eigenvalue weighted by Crippen LogP contribution is -2.30. The maximum atomic E-state index is 14.1. The number of pyridine rings is 2. The monoisotopic (exact) mass is 560 g/mol. The largest absolute Gasteiger partial charge is 0.494 e. The number of sulfonamides is 2. The minimum absolute atomic E-state index is 0.0269. The molecule has 1 aliphatic rings. The van der Waals surface area contributed by atoms with Gasteiger partial charge < -0.3 is 10.4 Å². The summed E-state index contributed by atoms with van der Waals surface area (Å²) in [5.41, 5.74) is -0.605. The predicted molar refractivity (Wildman–Crippen MR) is 137 cm³/mol. The third-order valence-electron chi connectivity index (χ3n) is 5.73. The molecule has 0 bridgehead atoms. The smallest absolute Gasteiger partial charge is 0.286 e. The number of fused-ring (bicyclic) bond motifs is 2. The molecule has 0 spiro atoms. The predicted octanol–water partition coefficient (Wildman–Crippen LogP) is 2.81. The summed E-state index contributed by atoms with van der Waals surface area (Å²) in [6, 6.07) is 11.3. The number of nitrogens with zero attached hydrogens (tertiary/aromatic N) is 2. The molecule has 4 aromatic rings. The Labute approximate surface area is 215 Å². The van der Waals surface area contributed by atoms with Gasteiger partial charge in [-0.15, -0.1) is 4.40 Å². The summed E-state index contributed by atoms with van der Waals surface area (Å²) in [7, 11) is -8.17. The molecule has 3 heterocycles. The zero-order valence-electron chi connectivity index (χ0n) is 19.4. The standard InChI is InChI=1S/C24H18F2N4O6S2/c1-37(33,34)28-16-7-8-18-20(11-16)38(35,36)29-23(27-18)21-22(31)17(10-13-2-4-14(25)5-3-13)19-9-6-15(26)12-30(19)24(21)32/h2-9,11-12,28,32H,10H2,1H3,(H,27,29). The third-order valence-corrected chi connectivity index (χ3v) is 7.66. The summed E-state index contributed by atoms with van der Waals surface area (Å²) in [5.74, 6) is -2.49. The molecule has 5 rings (SSSR count). The fourth-order valence-electron chi connectivity index (χ4n) is 4.12. The number of nitrogens with one attached hydrogen (secondary N) is 2. The van der Waals surface area contributed by atoms with Crippen molar-refractivity contribution in [2.75, 3.05) is 16.3 Å². The van der Waals surface area contributed by atoms with Crippen molar-refractivity contribution < 1.29 is 30.7 Å². The lowest BCUT2D eigenvalue weighted by molar-refractivity contribution is 0.441. The van der Waals surface area contributed by atoms with Gasteiger partial charge >= 0.3 is 0 Å². The van der Waals surface area contributed by atoms with Crippen LogP contribution in [0.4, 0.5) is 20.2 Å². The Morgan fingerprint density at radius 3 is 2.42 bits per heavy atom. The van der Waals surface area contributed by atoms with E-state index in [2.05, 4.69) is 14.4 Å². The lowest BCUT2D eigenvalue weighted by atomic mass is 10.0. The molecular weight excluding hydrogens is 542 g/mol. The zero-order valence-corrected chi connectivity index (χ0v) is 21.1. The molecule has 0 aliphatic carbocycles. The average molecular weight is 561 g/mol. The van der Waals surface area contributed by atoms with Crippen molar-refractivity contribution in [2.24, 2.45) is 4.40 Å². The quantitative estimate of drug-likeness (QED) is 0.340. The molecule has 196 valence electrons. The molecule has 2 aromatic carbocycles. The number of amidine groups is 1. The average Bonchev–Trinajstić information content (AvgIpc) is 2.82. The molecule has 0 atom stereocenters. The number of hydrogen-bond donors (Lipinski definition) is 3. The van der Waals surface area contributed by atoms with Gasteiger partial charge in [0, 0.05) is 23.9 Å². The molecule has 0 unspecified atom stereocenters. The van der Waals surface area contributed by atoms with E-state index in [1.807, 2.05) is 0 Å². The van der Waals surface area contributed by atoms with Crippen molar-refractivity contribution in [3.05, 3.63) is 99.3 Å². The molecular formula is C24H18F2N4O6S2. The van der Waals surface area contributed by atoms with E-state index in [0.717, 1.165) is 29.0 Å². The zero-order chi connectivity index (χ0) is 27.4. The van der Waals surface area contributed by atoms with E-state index in [1.54, 1.807) is 0 Å². The van der Waals surface area contributed by atoms with Crippen molar-refractivity contribution in [3.63, 3.8) is 0 Å². The van der Waals surface area contributed by atoms with Crippen LogP contribution in [0.2, 0.25) is 0 Å². The van der Waals surface area contributed by atoms with Crippen LogP contribution in [0.15, 0.2) is 74.9 Å². The Kier molecular flexibility index (Phi) is 5.95.